The summed E-state index contributed by atoms with van der Waals surface area (Å²) in [4.78, 5) is 12.4. The highest BCUT2D eigenvalue weighted by Gasteiger charge is 2.29. The molecule has 0 saturated carbocycles. The number of nitriles is 1. The number of allylic oxidation sites excluding steroid dienone is 1. The van der Waals surface area contributed by atoms with Crippen LogP contribution < -0.4 is 0 Å². The number of hydrogen-bond acceptors (Lipinski definition) is 4. The van der Waals surface area contributed by atoms with Crippen molar-refractivity contribution in [3.8, 4) is 17.5 Å². The molecule has 0 unspecified atom stereocenters. The highest BCUT2D eigenvalue weighted by atomic mass is 19.1. The molecule has 0 atom stereocenters. The van der Waals surface area contributed by atoms with Crippen molar-refractivity contribution in [3.63, 3.8) is 0 Å². The Kier molecular flexibility index (Phi) is 2.95. The molecule has 1 aliphatic carbocycles. The Labute approximate surface area is 131 Å². The van der Waals surface area contributed by atoms with E-state index in [0.29, 0.717) is 17.0 Å². The molecule has 4 nitrogen and oxygen atoms in total. The molecular formula is C18H9FN4. The topological polar surface area (TPSA) is 62.5 Å². The lowest BCUT2D eigenvalue weighted by molar-refractivity contribution is 0.580. The highest BCUT2D eigenvalue weighted by Crippen LogP contribution is 2.45. The molecule has 108 valence electrons. The van der Waals surface area contributed by atoms with E-state index >= 15 is 0 Å². The van der Waals surface area contributed by atoms with Gasteiger partial charge in [-0.3, -0.25) is 9.97 Å². The molecule has 0 spiro atoms. The van der Waals surface area contributed by atoms with E-state index in [9.17, 15) is 9.65 Å². The van der Waals surface area contributed by atoms with Gasteiger partial charge in [0.2, 0.25) is 5.95 Å². The molecule has 0 aliphatic heterocycles. The molecule has 23 heavy (non-hydrogen) atoms. The third-order valence-electron chi connectivity index (χ3n) is 3.77. The molecule has 0 bridgehead atoms. The molecule has 0 fully saturated rings. The van der Waals surface area contributed by atoms with E-state index in [1.54, 1.807) is 36.7 Å². The fourth-order valence-corrected chi connectivity index (χ4v) is 2.83. The lowest BCUT2D eigenvalue weighted by Crippen LogP contribution is -1.95. The van der Waals surface area contributed by atoms with Crippen molar-refractivity contribution in [1.82, 2.24) is 15.0 Å². The predicted octanol–water partition coefficient (Wildman–Crippen LogP) is 3.47. The zero-order valence-corrected chi connectivity index (χ0v) is 11.9. The fourth-order valence-electron chi connectivity index (χ4n) is 2.83. The van der Waals surface area contributed by atoms with E-state index in [1.165, 1.54) is 6.20 Å². The summed E-state index contributed by atoms with van der Waals surface area (Å²) in [7, 11) is 0. The van der Waals surface area contributed by atoms with Gasteiger partial charge in [0.15, 0.2) is 0 Å². The number of pyridine rings is 3. The van der Waals surface area contributed by atoms with Gasteiger partial charge in [0.25, 0.3) is 0 Å². The fraction of sp³-hybridized carbons (Fsp3) is 0. The second kappa shape index (κ2) is 5.11. The number of fused-ring (bicyclic) bond motifs is 3. The van der Waals surface area contributed by atoms with Gasteiger partial charge in [0.1, 0.15) is 6.07 Å². The number of aromatic nitrogens is 3. The first-order valence-corrected chi connectivity index (χ1v) is 6.97. The summed E-state index contributed by atoms with van der Waals surface area (Å²) in [5.74, 6) is -0.667. The Morgan fingerprint density at radius 2 is 1.43 bits per heavy atom. The monoisotopic (exact) mass is 300 g/mol. The Morgan fingerprint density at radius 3 is 2.00 bits per heavy atom. The van der Waals surface area contributed by atoms with Crippen LogP contribution in [0, 0.1) is 17.3 Å². The van der Waals surface area contributed by atoms with Crippen molar-refractivity contribution in [2.75, 3.05) is 0 Å². The second-order valence-electron chi connectivity index (χ2n) is 5.00. The summed E-state index contributed by atoms with van der Waals surface area (Å²) in [5, 5.41) is 9.67. The normalized spacial score (nSPS) is 11.6. The molecule has 3 heterocycles. The molecule has 5 heteroatoms. The minimum absolute atomic E-state index is 0.177. The van der Waals surface area contributed by atoms with Gasteiger partial charge in [-0.05, 0) is 24.3 Å². The van der Waals surface area contributed by atoms with Crippen LogP contribution in [0.3, 0.4) is 0 Å². The van der Waals surface area contributed by atoms with Crippen LogP contribution >= 0.6 is 0 Å². The van der Waals surface area contributed by atoms with E-state index in [0.717, 1.165) is 11.1 Å². The van der Waals surface area contributed by atoms with E-state index in [-0.39, 0.29) is 11.1 Å². The number of halogens is 1. The van der Waals surface area contributed by atoms with Gasteiger partial charge in [-0.25, -0.2) is 4.98 Å². The van der Waals surface area contributed by atoms with Crippen molar-refractivity contribution in [2.24, 2.45) is 0 Å². The molecule has 3 aromatic rings. The molecule has 0 saturated heterocycles. The van der Waals surface area contributed by atoms with Crippen LogP contribution in [0.15, 0.2) is 55.0 Å². The molecule has 4 rings (SSSR count). The van der Waals surface area contributed by atoms with Crippen LogP contribution in [0.4, 0.5) is 4.39 Å². The van der Waals surface area contributed by atoms with Gasteiger partial charge in [0.05, 0.1) is 17.0 Å². The smallest absolute Gasteiger partial charge is 0.221 e. The van der Waals surface area contributed by atoms with Crippen molar-refractivity contribution < 1.29 is 4.39 Å². The first kappa shape index (κ1) is 13.3. The maximum Gasteiger partial charge on any atom is 0.221 e. The molecule has 0 radical (unpaired) electrons. The Balaban J connectivity index is 2.12. The maximum absolute atomic E-state index is 14.1. The third-order valence-corrected chi connectivity index (χ3v) is 3.77. The van der Waals surface area contributed by atoms with Gasteiger partial charge in [-0.2, -0.15) is 9.65 Å². The van der Waals surface area contributed by atoms with Crippen LogP contribution in [0.25, 0.3) is 22.5 Å². The maximum atomic E-state index is 14.1. The molecule has 0 aromatic carbocycles. The van der Waals surface area contributed by atoms with Gasteiger partial charge in [-0.1, -0.05) is 12.1 Å². The molecular weight excluding hydrogens is 291 g/mol. The van der Waals surface area contributed by atoms with Crippen molar-refractivity contribution >= 4 is 11.1 Å². The van der Waals surface area contributed by atoms with Crippen LogP contribution in [-0.4, -0.2) is 15.0 Å². The lowest BCUT2D eigenvalue weighted by atomic mass is 9.95. The average Bonchev–Trinajstić information content (AvgIpc) is 2.92. The molecule has 3 aromatic heterocycles. The van der Waals surface area contributed by atoms with E-state index in [4.69, 9.17) is 0 Å². The SMILES string of the molecule is N#CC(=C1c2cccnc2-c2ncccc21)c1cccnc1F. The first-order chi connectivity index (χ1) is 11.3. The van der Waals surface area contributed by atoms with Gasteiger partial charge >= 0.3 is 0 Å². The number of nitrogens with zero attached hydrogens (tertiary/aromatic N) is 4. The number of hydrogen-bond donors (Lipinski definition) is 0. The van der Waals surface area contributed by atoms with E-state index in [2.05, 4.69) is 21.0 Å². The van der Waals surface area contributed by atoms with Gasteiger partial charge in [0, 0.05) is 40.9 Å². The Morgan fingerprint density at radius 1 is 0.870 bits per heavy atom. The molecule has 0 amide bonds. The summed E-state index contributed by atoms with van der Waals surface area (Å²) in [5.41, 5.74) is 4.02. The van der Waals surface area contributed by atoms with Crippen molar-refractivity contribution in [2.45, 2.75) is 0 Å². The summed E-state index contributed by atoms with van der Waals surface area (Å²) >= 11 is 0. The Hall–Kier alpha value is -3.39. The second-order valence-corrected chi connectivity index (χ2v) is 5.00. The van der Waals surface area contributed by atoms with Crippen LogP contribution in [0.5, 0.6) is 0 Å². The summed E-state index contributed by atoms with van der Waals surface area (Å²) in [6, 6.07) is 12.6. The van der Waals surface area contributed by atoms with Crippen LogP contribution in [-0.2, 0) is 0 Å². The highest BCUT2D eigenvalue weighted by molar-refractivity contribution is 6.11. The van der Waals surface area contributed by atoms with Gasteiger partial charge in [-0.15, -0.1) is 0 Å². The first-order valence-electron chi connectivity index (χ1n) is 6.97. The summed E-state index contributed by atoms with van der Waals surface area (Å²) < 4.78 is 14.1. The Bertz CT molecular complexity index is 954. The molecule has 0 N–H and O–H groups in total. The average molecular weight is 300 g/mol. The van der Waals surface area contributed by atoms with E-state index in [1.807, 2.05) is 12.1 Å². The van der Waals surface area contributed by atoms with Crippen LogP contribution in [0.1, 0.15) is 16.7 Å². The third kappa shape index (κ3) is 1.93. The van der Waals surface area contributed by atoms with Crippen molar-refractivity contribution in [3.05, 3.63) is 77.6 Å². The largest absolute Gasteiger partial charge is 0.254 e. The van der Waals surface area contributed by atoms with Crippen LogP contribution in [0.2, 0.25) is 0 Å². The summed E-state index contributed by atoms with van der Waals surface area (Å²) in [6.07, 6.45) is 4.71. The molecule has 1 aliphatic rings. The standard InChI is InChI=1S/C18H9FN4/c19-18-11(4-1-9-23-18)14(10-20)15-12-5-2-7-21-16(12)17-13(15)6-3-8-22-17/h1-9H. The zero-order valence-electron chi connectivity index (χ0n) is 11.9. The minimum atomic E-state index is -0.667. The minimum Gasteiger partial charge on any atom is -0.254 e. The van der Waals surface area contributed by atoms with E-state index < -0.39 is 5.95 Å². The van der Waals surface area contributed by atoms with Crippen molar-refractivity contribution in [1.29, 1.82) is 5.26 Å². The lowest BCUT2D eigenvalue weighted by Gasteiger charge is -2.07. The number of rotatable bonds is 1. The predicted molar refractivity (Wildman–Crippen MR) is 83.2 cm³/mol. The zero-order chi connectivity index (χ0) is 15.8. The van der Waals surface area contributed by atoms with Gasteiger partial charge < -0.3 is 0 Å². The quantitative estimate of drug-likeness (QED) is 0.399. The summed E-state index contributed by atoms with van der Waals surface area (Å²) in [6.45, 7) is 0.